The van der Waals surface area contributed by atoms with Gasteiger partial charge in [-0.25, -0.2) is 8.42 Å². The molecule has 2 aromatic rings. The molecule has 106 valence electrons. The van der Waals surface area contributed by atoms with E-state index in [1.807, 2.05) is 0 Å². The fourth-order valence-corrected chi connectivity index (χ4v) is 4.29. The maximum atomic E-state index is 12.6. The number of benzene rings is 1. The molecule has 0 N–H and O–H groups in total. The lowest BCUT2D eigenvalue weighted by atomic mass is 10.1. The van der Waals surface area contributed by atoms with Crippen molar-refractivity contribution in [1.82, 2.24) is 9.46 Å². The minimum absolute atomic E-state index is 0.0200. The van der Waals surface area contributed by atoms with Crippen LogP contribution in [0.2, 0.25) is 10.0 Å². The monoisotopic (exact) mass is 332 g/mol. The summed E-state index contributed by atoms with van der Waals surface area (Å²) in [5.41, 5.74) is 0.776. The summed E-state index contributed by atoms with van der Waals surface area (Å²) in [6.07, 6.45) is 2.03. The van der Waals surface area contributed by atoms with E-state index in [4.69, 9.17) is 27.7 Å². The van der Waals surface area contributed by atoms with E-state index < -0.39 is 10.0 Å². The van der Waals surface area contributed by atoms with Crippen LogP contribution < -0.4 is 0 Å². The molecule has 20 heavy (non-hydrogen) atoms. The topological polar surface area (TPSA) is 63.4 Å². The Kier molecular flexibility index (Phi) is 3.50. The molecule has 1 aromatic heterocycles. The lowest BCUT2D eigenvalue weighted by molar-refractivity contribution is 0.331. The van der Waals surface area contributed by atoms with E-state index in [9.17, 15) is 8.42 Å². The highest BCUT2D eigenvalue weighted by atomic mass is 35.5. The molecular formula is C12H10Cl2N2O3S. The average molecular weight is 333 g/mol. The van der Waals surface area contributed by atoms with E-state index in [0.717, 1.165) is 11.3 Å². The molecule has 0 fully saturated rings. The fourth-order valence-electron chi connectivity index (χ4n) is 2.13. The van der Waals surface area contributed by atoms with Crippen LogP contribution in [0, 0.1) is 0 Å². The first-order valence-corrected chi connectivity index (χ1v) is 8.06. The van der Waals surface area contributed by atoms with Crippen molar-refractivity contribution < 1.29 is 12.9 Å². The van der Waals surface area contributed by atoms with Gasteiger partial charge in [-0.2, -0.15) is 4.31 Å². The summed E-state index contributed by atoms with van der Waals surface area (Å²) in [4.78, 5) is 0.0200. The Morgan fingerprint density at radius 1 is 1.30 bits per heavy atom. The van der Waals surface area contributed by atoms with Crippen LogP contribution in [0.4, 0.5) is 0 Å². The van der Waals surface area contributed by atoms with Gasteiger partial charge in [0.25, 0.3) is 0 Å². The number of aromatic nitrogens is 1. The molecule has 0 spiro atoms. The minimum Gasteiger partial charge on any atom is -0.361 e. The molecule has 0 aliphatic carbocycles. The number of rotatable bonds is 2. The Labute approximate surface area is 126 Å². The van der Waals surface area contributed by atoms with Crippen LogP contribution in [0.25, 0.3) is 0 Å². The smallest absolute Gasteiger partial charge is 0.244 e. The van der Waals surface area contributed by atoms with Crippen molar-refractivity contribution in [2.45, 2.75) is 17.9 Å². The van der Waals surface area contributed by atoms with E-state index in [2.05, 4.69) is 5.16 Å². The Hall–Kier alpha value is -1.08. The molecule has 0 saturated heterocycles. The third-order valence-electron chi connectivity index (χ3n) is 3.18. The third-order valence-corrected chi connectivity index (χ3v) is 5.74. The molecular weight excluding hydrogens is 323 g/mol. The van der Waals surface area contributed by atoms with Crippen molar-refractivity contribution in [3.63, 3.8) is 0 Å². The van der Waals surface area contributed by atoms with E-state index >= 15 is 0 Å². The van der Waals surface area contributed by atoms with Crippen LogP contribution in [0.5, 0.6) is 0 Å². The van der Waals surface area contributed by atoms with Gasteiger partial charge < -0.3 is 4.52 Å². The SMILES string of the molecule is O=S(=O)(c1cc(Cl)ccc1Cl)N1CCc2oncc2C1. The fraction of sp³-hybridized carbons (Fsp3) is 0.250. The van der Waals surface area contributed by atoms with E-state index in [0.29, 0.717) is 18.0 Å². The molecule has 0 saturated carbocycles. The number of halogens is 2. The van der Waals surface area contributed by atoms with Gasteiger partial charge in [0.1, 0.15) is 10.7 Å². The molecule has 5 nitrogen and oxygen atoms in total. The van der Waals surface area contributed by atoms with Crippen molar-refractivity contribution in [2.75, 3.05) is 6.54 Å². The summed E-state index contributed by atoms with van der Waals surface area (Å²) in [6.45, 7) is 0.553. The molecule has 1 aromatic carbocycles. The average Bonchev–Trinajstić information content (AvgIpc) is 2.88. The van der Waals surface area contributed by atoms with E-state index in [-0.39, 0.29) is 16.5 Å². The molecule has 1 aliphatic heterocycles. The Balaban J connectivity index is 1.99. The van der Waals surface area contributed by atoms with Crippen molar-refractivity contribution >= 4 is 33.2 Å². The lowest BCUT2D eigenvalue weighted by Gasteiger charge is -2.25. The predicted octanol–water partition coefficient (Wildman–Crippen LogP) is 2.73. The molecule has 8 heteroatoms. The van der Waals surface area contributed by atoms with Crippen LogP contribution >= 0.6 is 23.2 Å². The molecule has 0 unspecified atom stereocenters. The number of nitrogens with zero attached hydrogens (tertiary/aromatic N) is 2. The van der Waals surface area contributed by atoms with E-state index in [1.54, 1.807) is 6.07 Å². The largest absolute Gasteiger partial charge is 0.361 e. The normalized spacial score (nSPS) is 16.1. The second kappa shape index (κ2) is 5.04. The maximum Gasteiger partial charge on any atom is 0.244 e. The van der Waals surface area contributed by atoms with Gasteiger partial charge in [-0.15, -0.1) is 0 Å². The zero-order valence-corrected chi connectivity index (χ0v) is 12.5. The number of hydrogen-bond acceptors (Lipinski definition) is 4. The second-order valence-corrected chi connectivity index (χ2v) is 7.19. The minimum atomic E-state index is -3.69. The predicted molar refractivity (Wildman–Crippen MR) is 74.3 cm³/mol. The number of sulfonamides is 1. The summed E-state index contributed by atoms with van der Waals surface area (Å²) in [5, 5.41) is 4.17. The summed E-state index contributed by atoms with van der Waals surface area (Å²) in [6, 6.07) is 4.39. The lowest BCUT2D eigenvalue weighted by Crippen LogP contribution is -2.35. The van der Waals surface area contributed by atoms with Crippen molar-refractivity contribution in [3.05, 3.63) is 45.8 Å². The summed E-state index contributed by atoms with van der Waals surface area (Å²) < 4.78 is 31.6. The first-order chi connectivity index (χ1) is 9.48. The van der Waals surface area contributed by atoms with Crippen LogP contribution in [0.1, 0.15) is 11.3 Å². The van der Waals surface area contributed by atoms with Crippen molar-refractivity contribution in [3.8, 4) is 0 Å². The highest BCUT2D eigenvalue weighted by Gasteiger charge is 2.31. The Morgan fingerprint density at radius 3 is 2.90 bits per heavy atom. The highest BCUT2D eigenvalue weighted by Crippen LogP contribution is 2.30. The standard InChI is InChI=1S/C12H10Cl2N2O3S/c13-9-1-2-10(14)12(5-9)20(17,18)16-4-3-11-8(7-16)6-15-19-11/h1-2,5-6H,3-4,7H2. The second-order valence-electron chi connectivity index (χ2n) is 4.44. The zero-order chi connectivity index (χ0) is 14.3. The van der Waals surface area contributed by atoms with Crippen LogP contribution in [0.15, 0.2) is 33.8 Å². The molecule has 0 bridgehead atoms. The van der Waals surface area contributed by atoms with Crippen LogP contribution in [0.3, 0.4) is 0 Å². The molecule has 3 rings (SSSR count). The quantitative estimate of drug-likeness (QED) is 0.848. The number of fused-ring (bicyclic) bond motifs is 1. The Morgan fingerprint density at radius 2 is 2.10 bits per heavy atom. The molecule has 0 radical (unpaired) electrons. The number of hydrogen-bond donors (Lipinski definition) is 0. The van der Waals surface area contributed by atoms with Gasteiger partial charge >= 0.3 is 0 Å². The molecule has 0 amide bonds. The summed E-state index contributed by atoms with van der Waals surface area (Å²) in [7, 11) is -3.69. The van der Waals surface area contributed by atoms with Crippen LogP contribution in [-0.4, -0.2) is 24.4 Å². The molecule has 0 atom stereocenters. The van der Waals surface area contributed by atoms with Gasteiger partial charge in [-0.1, -0.05) is 28.4 Å². The van der Waals surface area contributed by atoms with Gasteiger partial charge in [0.15, 0.2) is 0 Å². The molecule has 2 heterocycles. The van der Waals surface area contributed by atoms with Crippen molar-refractivity contribution in [1.29, 1.82) is 0 Å². The highest BCUT2D eigenvalue weighted by molar-refractivity contribution is 7.89. The maximum absolute atomic E-state index is 12.6. The zero-order valence-electron chi connectivity index (χ0n) is 10.2. The molecule has 1 aliphatic rings. The first-order valence-electron chi connectivity index (χ1n) is 5.86. The van der Waals surface area contributed by atoms with Gasteiger partial charge in [0.05, 0.1) is 11.2 Å². The van der Waals surface area contributed by atoms with Gasteiger partial charge in [0.2, 0.25) is 10.0 Å². The third kappa shape index (κ3) is 2.33. The van der Waals surface area contributed by atoms with Gasteiger partial charge in [-0.05, 0) is 18.2 Å². The van der Waals surface area contributed by atoms with Crippen molar-refractivity contribution in [2.24, 2.45) is 0 Å². The van der Waals surface area contributed by atoms with Crippen LogP contribution in [-0.2, 0) is 23.0 Å². The summed E-state index contributed by atoms with van der Waals surface area (Å²) >= 11 is 11.8. The Bertz CT molecular complexity index is 758. The van der Waals surface area contributed by atoms with Gasteiger partial charge in [0, 0.05) is 30.1 Å². The first kappa shape index (κ1) is 13.9. The van der Waals surface area contributed by atoms with E-state index in [1.165, 1.54) is 22.6 Å². The summed E-state index contributed by atoms with van der Waals surface area (Å²) in [5.74, 6) is 0.730. The van der Waals surface area contributed by atoms with Gasteiger partial charge in [-0.3, -0.25) is 0 Å².